The first-order valence-electron chi connectivity index (χ1n) is 8.01. The molecular formula is C18H21N3O4S2. The second-order valence-corrected chi connectivity index (χ2v) is 8.67. The summed E-state index contributed by atoms with van der Waals surface area (Å²) in [6.45, 7) is 1.42. The van der Waals surface area contributed by atoms with Gasteiger partial charge in [-0.05, 0) is 37.4 Å². The van der Waals surface area contributed by atoms with Gasteiger partial charge in [0.05, 0.1) is 17.0 Å². The van der Waals surface area contributed by atoms with Crippen LogP contribution in [0.3, 0.4) is 0 Å². The van der Waals surface area contributed by atoms with Crippen molar-refractivity contribution in [1.82, 2.24) is 15.2 Å². The quantitative estimate of drug-likeness (QED) is 0.562. The number of thioether (sulfide) groups is 1. The zero-order chi connectivity index (χ0) is 20.0. The highest BCUT2D eigenvalue weighted by atomic mass is 32.2. The van der Waals surface area contributed by atoms with Crippen LogP contribution in [0.2, 0.25) is 0 Å². The molecule has 27 heavy (non-hydrogen) atoms. The predicted octanol–water partition coefficient (Wildman–Crippen LogP) is 1.80. The van der Waals surface area contributed by atoms with Crippen molar-refractivity contribution in [2.45, 2.75) is 16.7 Å². The molecule has 0 aliphatic heterocycles. The van der Waals surface area contributed by atoms with Gasteiger partial charge in [0.15, 0.2) is 0 Å². The first-order chi connectivity index (χ1) is 12.8. The van der Waals surface area contributed by atoms with E-state index in [4.69, 9.17) is 0 Å². The number of sulfonamides is 1. The Morgan fingerprint density at radius 1 is 1.04 bits per heavy atom. The molecule has 2 rings (SSSR count). The highest BCUT2D eigenvalue weighted by Gasteiger charge is 2.23. The third kappa shape index (κ3) is 5.31. The fourth-order valence-electron chi connectivity index (χ4n) is 2.24. The van der Waals surface area contributed by atoms with Gasteiger partial charge in [-0.2, -0.15) is 4.31 Å². The van der Waals surface area contributed by atoms with E-state index in [1.165, 1.54) is 30.9 Å². The second kappa shape index (κ2) is 9.03. The minimum absolute atomic E-state index is 0.0985. The SMILES string of the molecule is CSc1ccccc1C(=O)NNC(=O)CN(C)S(=O)(=O)c1ccc(C)cc1. The first kappa shape index (κ1) is 20.9. The molecule has 2 aromatic rings. The number of likely N-dealkylation sites (N-methyl/N-ethyl adjacent to an activating group) is 1. The molecule has 0 bridgehead atoms. The summed E-state index contributed by atoms with van der Waals surface area (Å²) in [6, 6.07) is 13.3. The number of hydrogen-bond donors (Lipinski definition) is 2. The van der Waals surface area contributed by atoms with Crippen LogP contribution in [-0.2, 0) is 14.8 Å². The third-order valence-corrected chi connectivity index (χ3v) is 6.38. The molecule has 0 unspecified atom stereocenters. The van der Waals surface area contributed by atoms with Crippen LogP contribution in [0.4, 0.5) is 0 Å². The van der Waals surface area contributed by atoms with E-state index in [1.807, 2.05) is 19.2 Å². The molecule has 0 aromatic heterocycles. The molecule has 0 aliphatic rings. The molecule has 0 fully saturated rings. The monoisotopic (exact) mass is 407 g/mol. The maximum atomic E-state index is 12.5. The van der Waals surface area contributed by atoms with Crippen molar-refractivity contribution in [3.8, 4) is 0 Å². The Kier molecular flexibility index (Phi) is 7.00. The van der Waals surface area contributed by atoms with E-state index in [-0.39, 0.29) is 4.90 Å². The summed E-state index contributed by atoms with van der Waals surface area (Å²) in [4.78, 5) is 25.1. The maximum absolute atomic E-state index is 12.5. The highest BCUT2D eigenvalue weighted by molar-refractivity contribution is 7.98. The van der Waals surface area contributed by atoms with E-state index in [1.54, 1.807) is 30.3 Å². The topological polar surface area (TPSA) is 95.6 Å². The zero-order valence-corrected chi connectivity index (χ0v) is 16.9. The van der Waals surface area contributed by atoms with E-state index in [2.05, 4.69) is 10.9 Å². The number of hydrogen-bond acceptors (Lipinski definition) is 5. The molecular weight excluding hydrogens is 386 g/mol. The van der Waals surface area contributed by atoms with E-state index >= 15 is 0 Å². The zero-order valence-electron chi connectivity index (χ0n) is 15.2. The van der Waals surface area contributed by atoms with Gasteiger partial charge in [0.2, 0.25) is 10.0 Å². The summed E-state index contributed by atoms with van der Waals surface area (Å²) in [6.07, 6.45) is 1.84. The summed E-state index contributed by atoms with van der Waals surface area (Å²) in [7, 11) is -2.49. The standard InChI is InChI=1S/C18H21N3O4S2/c1-13-8-10-14(11-9-13)27(24,25)21(2)12-17(22)19-20-18(23)15-6-4-5-7-16(15)26-3/h4-11H,12H2,1-3H3,(H,19,22)(H,20,23). The number of amides is 2. The molecule has 0 spiro atoms. The number of hydrazine groups is 1. The van der Waals surface area contributed by atoms with Gasteiger partial charge in [0.25, 0.3) is 11.8 Å². The van der Waals surface area contributed by atoms with Crippen LogP contribution in [0.1, 0.15) is 15.9 Å². The highest BCUT2D eigenvalue weighted by Crippen LogP contribution is 2.19. The summed E-state index contributed by atoms with van der Waals surface area (Å²) in [5.41, 5.74) is 5.90. The van der Waals surface area contributed by atoms with Crippen LogP contribution < -0.4 is 10.9 Å². The molecule has 0 radical (unpaired) electrons. The van der Waals surface area contributed by atoms with Crippen molar-refractivity contribution in [3.05, 3.63) is 59.7 Å². The summed E-state index contributed by atoms with van der Waals surface area (Å²) in [5.74, 6) is -1.12. The molecule has 9 heteroatoms. The van der Waals surface area contributed by atoms with Crippen molar-refractivity contribution in [3.63, 3.8) is 0 Å². The van der Waals surface area contributed by atoms with Crippen molar-refractivity contribution in [1.29, 1.82) is 0 Å². The van der Waals surface area contributed by atoms with Gasteiger partial charge >= 0.3 is 0 Å². The number of rotatable bonds is 6. The van der Waals surface area contributed by atoms with Gasteiger partial charge in [-0.25, -0.2) is 8.42 Å². The molecule has 2 aromatic carbocycles. The Labute approximate surface area is 163 Å². The third-order valence-electron chi connectivity index (χ3n) is 3.76. The van der Waals surface area contributed by atoms with Gasteiger partial charge in [-0.3, -0.25) is 20.4 Å². The number of carbonyl (C=O) groups is 2. The number of aryl methyl sites for hydroxylation is 1. The van der Waals surface area contributed by atoms with Gasteiger partial charge in [0, 0.05) is 11.9 Å². The van der Waals surface area contributed by atoms with Gasteiger partial charge in [0.1, 0.15) is 0 Å². The Morgan fingerprint density at radius 3 is 2.30 bits per heavy atom. The Bertz CT molecular complexity index is 928. The average molecular weight is 408 g/mol. The summed E-state index contributed by atoms with van der Waals surface area (Å²) < 4.78 is 25.9. The van der Waals surface area contributed by atoms with Crippen molar-refractivity contribution in [2.75, 3.05) is 19.8 Å². The molecule has 0 saturated carbocycles. The lowest BCUT2D eigenvalue weighted by Gasteiger charge is -2.17. The lowest BCUT2D eigenvalue weighted by molar-refractivity contribution is -0.121. The number of nitrogens with one attached hydrogen (secondary N) is 2. The smallest absolute Gasteiger partial charge is 0.270 e. The predicted molar refractivity (Wildman–Crippen MR) is 105 cm³/mol. The molecule has 7 nitrogen and oxygen atoms in total. The Morgan fingerprint density at radius 2 is 1.67 bits per heavy atom. The van der Waals surface area contributed by atoms with Crippen LogP contribution in [0.5, 0.6) is 0 Å². The van der Waals surface area contributed by atoms with Crippen LogP contribution >= 0.6 is 11.8 Å². The molecule has 0 aliphatic carbocycles. The van der Waals surface area contributed by atoms with Crippen molar-refractivity contribution in [2.24, 2.45) is 0 Å². The van der Waals surface area contributed by atoms with Crippen LogP contribution in [-0.4, -0.2) is 44.4 Å². The molecule has 0 atom stereocenters. The fourth-order valence-corrected chi connectivity index (χ4v) is 3.97. The minimum Gasteiger partial charge on any atom is -0.272 e. The van der Waals surface area contributed by atoms with Crippen LogP contribution in [0.25, 0.3) is 0 Å². The van der Waals surface area contributed by atoms with E-state index in [0.29, 0.717) is 5.56 Å². The van der Waals surface area contributed by atoms with Crippen molar-refractivity contribution >= 4 is 33.6 Å². The number of nitrogens with zero attached hydrogens (tertiary/aromatic N) is 1. The van der Waals surface area contributed by atoms with E-state index in [0.717, 1.165) is 14.8 Å². The summed E-state index contributed by atoms with van der Waals surface area (Å²) >= 11 is 1.41. The van der Waals surface area contributed by atoms with Gasteiger partial charge in [-0.15, -0.1) is 11.8 Å². The lowest BCUT2D eigenvalue weighted by atomic mass is 10.2. The number of carbonyl (C=O) groups excluding carboxylic acids is 2. The Hall–Kier alpha value is -2.36. The average Bonchev–Trinajstić information content (AvgIpc) is 2.66. The molecule has 144 valence electrons. The fraction of sp³-hybridized carbons (Fsp3) is 0.222. The first-order valence-corrected chi connectivity index (χ1v) is 10.7. The van der Waals surface area contributed by atoms with Gasteiger partial charge in [-0.1, -0.05) is 29.8 Å². The minimum atomic E-state index is -3.80. The molecule has 2 N–H and O–H groups in total. The molecule has 2 amide bonds. The Balaban J connectivity index is 1.96. The van der Waals surface area contributed by atoms with Crippen molar-refractivity contribution < 1.29 is 18.0 Å². The maximum Gasteiger partial charge on any atom is 0.270 e. The van der Waals surface area contributed by atoms with Crippen LogP contribution in [0, 0.1) is 6.92 Å². The second-order valence-electron chi connectivity index (χ2n) is 5.78. The normalized spacial score (nSPS) is 11.3. The van der Waals surface area contributed by atoms with Crippen LogP contribution in [0.15, 0.2) is 58.3 Å². The molecule has 0 heterocycles. The molecule has 0 saturated heterocycles. The van der Waals surface area contributed by atoms with E-state index in [9.17, 15) is 18.0 Å². The lowest BCUT2D eigenvalue weighted by Crippen LogP contribution is -2.46. The summed E-state index contributed by atoms with van der Waals surface area (Å²) in [5, 5.41) is 0. The largest absolute Gasteiger partial charge is 0.272 e. The number of benzene rings is 2. The van der Waals surface area contributed by atoms with Gasteiger partial charge < -0.3 is 0 Å². The van der Waals surface area contributed by atoms with E-state index < -0.39 is 28.4 Å².